The zero-order valence-electron chi connectivity index (χ0n) is 26.6. The topological polar surface area (TPSA) is 126 Å². The number of ether oxygens (including phenoxy) is 1. The van der Waals surface area contributed by atoms with E-state index in [2.05, 4.69) is 24.8 Å². The van der Waals surface area contributed by atoms with Gasteiger partial charge in [-0.3, -0.25) is 14.4 Å². The van der Waals surface area contributed by atoms with Crippen molar-refractivity contribution in [1.29, 1.82) is 0 Å². The van der Waals surface area contributed by atoms with Gasteiger partial charge in [0.15, 0.2) is 5.78 Å². The Morgan fingerprint density at radius 2 is 1.67 bits per heavy atom. The number of hydrogen-bond donors (Lipinski definition) is 1. The van der Waals surface area contributed by atoms with Crippen molar-refractivity contribution in [2.24, 2.45) is 0 Å². The van der Waals surface area contributed by atoms with Gasteiger partial charge in [-0.25, -0.2) is 9.97 Å². The molecule has 4 aromatic rings. The number of rotatable bonds is 10. The summed E-state index contributed by atoms with van der Waals surface area (Å²) >= 11 is 0. The van der Waals surface area contributed by atoms with Crippen molar-refractivity contribution in [2.75, 3.05) is 57.6 Å². The van der Waals surface area contributed by atoms with Gasteiger partial charge in [0.25, 0.3) is 5.91 Å². The van der Waals surface area contributed by atoms with Crippen LogP contribution >= 0.6 is 0 Å². The predicted octanol–water partition coefficient (Wildman–Crippen LogP) is 4.71. The zero-order chi connectivity index (χ0) is 32.2. The average Bonchev–Trinajstić information content (AvgIpc) is 3.75. The number of nitrogens with zero attached hydrogens (tertiary/aromatic N) is 7. The average molecular weight is 625 g/mol. The molecule has 2 aliphatic rings. The predicted molar refractivity (Wildman–Crippen MR) is 176 cm³/mol. The summed E-state index contributed by atoms with van der Waals surface area (Å²) in [5.41, 5.74) is 2.94. The number of aromatic nitrogens is 4. The van der Waals surface area contributed by atoms with E-state index in [-0.39, 0.29) is 36.5 Å². The highest BCUT2D eigenvalue weighted by Gasteiger charge is 2.27. The number of benzene rings is 1. The van der Waals surface area contributed by atoms with Gasteiger partial charge in [0.05, 0.1) is 19.0 Å². The van der Waals surface area contributed by atoms with E-state index < -0.39 is 0 Å². The van der Waals surface area contributed by atoms with Crippen LogP contribution in [0.15, 0.2) is 54.9 Å². The summed E-state index contributed by atoms with van der Waals surface area (Å²) < 4.78 is 7.24. The van der Waals surface area contributed by atoms with Gasteiger partial charge in [0.2, 0.25) is 11.9 Å². The van der Waals surface area contributed by atoms with Crippen molar-refractivity contribution >= 4 is 46.1 Å². The highest BCUT2D eigenvalue weighted by atomic mass is 16.5. The minimum absolute atomic E-state index is 0.00608. The Kier molecular flexibility index (Phi) is 9.13. The third kappa shape index (κ3) is 6.65. The fraction of sp³-hybridized carbons (Fsp3) is 0.412. The molecule has 1 saturated carbocycles. The van der Waals surface area contributed by atoms with E-state index >= 15 is 0 Å². The smallest absolute Gasteiger partial charge is 0.270 e. The molecule has 2 amide bonds. The minimum Gasteiger partial charge on any atom is -0.497 e. The van der Waals surface area contributed by atoms with E-state index in [9.17, 15) is 14.4 Å². The maximum atomic E-state index is 13.0. The molecule has 4 heterocycles. The lowest BCUT2D eigenvalue weighted by molar-refractivity contribution is -0.131. The Hall–Kier alpha value is -5.00. The molecule has 0 spiro atoms. The Morgan fingerprint density at radius 3 is 2.33 bits per heavy atom. The van der Waals surface area contributed by atoms with E-state index in [1.54, 1.807) is 62.8 Å². The van der Waals surface area contributed by atoms with Crippen LogP contribution in [0, 0.1) is 0 Å². The molecule has 1 N–H and O–H groups in total. The number of pyridine rings is 1. The summed E-state index contributed by atoms with van der Waals surface area (Å²) in [6, 6.07) is 13.0. The summed E-state index contributed by atoms with van der Waals surface area (Å²) in [7, 11) is 5.11. The number of amides is 2. The molecule has 1 aromatic carbocycles. The summed E-state index contributed by atoms with van der Waals surface area (Å²) in [6.45, 7) is 2.53. The second-order valence-corrected chi connectivity index (χ2v) is 12.1. The normalized spacial score (nSPS) is 15.3. The number of Topliss-reactive ketones (excluding diaryl/α,β-unsaturated/α-hetero) is 1. The van der Waals surface area contributed by atoms with Crippen molar-refractivity contribution in [3.8, 4) is 5.75 Å². The lowest BCUT2D eigenvalue weighted by Crippen LogP contribution is -2.48. The number of ketones is 1. The van der Waals surface area contributed by atoms with Crippen LogP contribution < -0.4 is 15.0 Å². The second kappa shape index (κ2) is 13.6. The molecule has 12 heteroatoms. The highest BCUT2D eigenvalue weighted by molar-refractivity contribution is 5.98. The Bertz CT molecular complexity index is 1700. The van der Waals surface area contributed by atoms with Gasteiger partial charge in [-0.1, -0.05) is 12.8 Å². The molecular weight excluding hydrogens is 584 g/mol. The first-order valence-electron chi connectivity index (χ1n) is 15.8. The molecule has 0 unspecified atom stereocenters. The van der Waals surface area contributed by atoms with E-state index in [1.165, 1.54) is 0 Å². The molecule has 0 atom stereocenters. The van der Waals surface area contributed by atoms with Crippen molar-refractivity contribution in [2.45, 2.75) is 44.6 Å². The van der Waals surface area contributed by atoms with Crippen LogP contribution in [-0.2, 0) is 4.79 Å². The van der Waals surface area contributed by atoms with Crippen molar-refractivity contribution in [3.63, 3.8) is 0 Å². The Labute approximate surface area is 268 Å². The van der Waals surface area contributed by atoms with Gasteiger partial charge in [-0.05, 0) is 55.3 Å². The lowest BCUT2D eigenvalue weighted by Gasteiger charge is -2.36. The van der Waals surface area contributed by atoms with Gasteiger partial charge >= 0.3 is 0 Å². The standard InChI is InChI=1S/C34H40N8O4/c1-39(2)33(45)28-20-24-21-36-34(38-32(24)42(28)25-6-4-5-7-25)37-30-14-10-26(22-35-30)40-16-18-41(19-17-40)31(44)15-13-29(43)23-8-11-27(46-3)12-9-23/h8-12,14,20-22,25H,4-7,13,15-19H2,1-3H3,(H,35,36,37,38). The first kappa shape index (κ1) is 31.0. The Morgan fingerprint density at radius 1 is 0.935 bits per heavy atom. The fourth-order valence-electron chi connectivity index (χ4n) is 6.27. The Balaban J connectivity index is 1.05. The fourth-order valence-corrected chi connectivity index (χ4v) is 6.27. The van der Waals surface area contributed by atoms with Crippen LogP contribution in [-0.4, -0.2) is 94.3 Å². The van der Waals surface area contributed by atoms with E-state index in [0.717, 1.165) is 42.4 Å². The molecule has 1 saturated heterocycles. The summed E-state index contributed by atoms with van der Waals surface area (Å²) in [4.78, 5) is 57.9. The molecule has 46 heavy (non-hydrogen) atoms. The highest BCUT2D eigenvalue weighted by Crippen LogP contribution is 2.35. The van der Waals surface area contributed by atoms with Crippen molar-refractivity contribution in [3.05, 3.63) is 66.1 Å². The molecular formula is C34H40N8O4. The monoisotopic (exact) mass is 624 g/mol. The van der Waals surface area contributed by atoms with Gasteiger partial charge in [0.1, 0.15) is 22.9 Å². The molecule has 3 aromatic heterocycles. The second-order valence-electron chi connectivity index (χ2n) is 12.1. The van der Waals surface area contributed by atoms with Gasteiger partial charge in [-0.2, -0.15) is 4.98 Å². The number of fused-ring (bicyclic) bond motifs is 1. The largest absolute Gasteiger partial charge is 0.497 e. The van der Waals surface area contributed by atoms with Crippen LogP contribution in [0.2, 0.25) is 0 Å². The third-order valence-electron chi connectivity index (χ3n) is 8.85. The number of anilines is 3. The first-order chi connectivity index (χ1) is 22.3. The number of carbonyl (C=O) groups excluding carboxylic acids is 3. The minimum atomic E-state index is -0.0494. The lowest BCUT2D eigenvalue weighted by atomic mass is 10.1. The van der Waals surface area contributed by atoms with Crippen LogP contribution in [0.25, 0.3) is 11.0 Å². The SMILES string of the molecule is COc1ccc(C(=O)CCC(=O)N2CCN(c3ccc(Nc4ncc5cc(C(=O)N(C)C)n(C6CCCC6)c5n4)nc3)CC2)cc1. The quantitative estimate of drug-likeness (QED) is 0.250. The number of carbonyl (C=O) groups is 3. The summed E-state index contributed by atoms with van der Waals surface area (Å²) in [6.07, 6.45) is 8.28. The van der Waals surface area contributed by atoms with Gasteiger partial charge in [-0.15, -0.1) is 0 Å². The number of piperazine rings is 1. The zero-order valence-corrected chi connectivity index (χ0v) is 26.6. The van der Waals surface area contributed by atoms with E-state index in [4.69, 9.17) is 9.72 Å². The summed E-state index contributed by atoms with van der Waals surface area (Å²) in [5, 5.41) is 4.06. The van der Waals surface area contributed by atoms with Crippen molar-refractivity contribution in [1.82, 2.24) is 29.3 Å². The summed E-state index contributed by atoms with van der Waals surface area (Å²) in [5.74, 6) is 1.63. The van der Waals surface area contributed by atoms with Crippen LogP contribution in [0.5, 0.6) is 5.75 Å². The molecule has 0 bridgehead atoms. The molecule has 2 fully saturated rings. The molecule has 0 radical (unpaired) electrons. The number of nitrogens with one attached hydrogen (secondary N) is 1. The molecule has 1 aliphatic carbocycles. The van der Waals surface area contributed by atoms with Crippen LogP contribution in [0.3, 0.4) is 0 Å². The third-order valence-corrected chi connectivity index (χ3v) is 8.85. The van der Waals surface area contributed by atoms with E-state index in [0.29, 0.717) is 55.0 Å². The van der Waals surface area contributed by atoms with E-state index in [1.807, 2.05) is 23.1 Å². The van der Waals surface area contributed by atoms with Crippen LogP contribution in [0.1, 0.15) is 65.4 Å². The first-order valence-corrected chi connectivity index (χ1v) is 15.8. The maximum Gasteiger partial charge on any atom is 0.270 e. The maximum absolute atomic E-state index is 13.0. The van der Waals surface area contributed by atoms with Crippen molar-refractivity contribution < 1.29 is 19.1 Å². The molecule has 240 valence electrons. The molecule has 12 nitrogen and oxygen atoms in total. The van der Waals surface area contributed by atoms with Crippen LogP contribution in [0.4, 0.5) is 17.5 Å². The molecule has 1 aliphatic heterocycles. The number of hydrogen-bond acceptors (Lipinski definition) is 9. The van der Waals surface area contributed by atoms with Gasteiger partial charge < -0.3 is 29.3 Å². The number of methoxy groups -OCH3 is 1. The molecule has 6 rings (SSSR count). The van der Waals surface area contributed by atoms with Gasteiger partial charge in [0, 0.05) is 76.3 Å².